The Labute approximate surface area is 177 Å². The number of aromatic amines is 1. The van der Waals surface area contributed by atoms with Crippen LogP contribution >= 0.6 is 0 Å². The van der Waals surface area contributed by atoms with Crippen LogP contribution in [0.15, 0.2) is 40.3 Å². The molecule has 0 unspecified atom stereocenters. The van der Waals surface area contributed by atoms with Crippen molar-refractivity contribution in [3.63, 3.8) is 0 Å². The molecule has 1 saturated heterocycles. The van der Waals surface area contributed by atoms with Gasteiger partial charge in [0.25, 0.3) is 0 Å². The summed E-state index contributed by atoms with van der Waals surface area (Å²) in [4.78, 5) is 2.86. The topological polar surface area (TPSA) is 212 Å². The molecule has 1 fully saturated rings. The van der Waals surface area contributed by atoms with Crippen molar-refractivity contribution >= 4 is 25.9 Å². The molecule has 7 N–H and O–H groups in total. The number of nitrogens with two attached hydrogens (primary N) is 2. The van der Waals surface area contributed by atoms with Crippen molar-refractivity contribution in [1.82, 2.24) is 35.6 Å². The molecule has 1 atom stereocenters. The van der Waals surface area contributed by atoms with Crippen molar-refractivity contribution in [2.24, 2.45) is 5.14 Å². The van der Waals surface area contributed by atoms with Crippen LogP contribution in [0.2, 0.25) is 0 Å². The highest BCUT2D eigenvalue weighted by molar-refractivity contribution is 7.92. The Morgan fingerprint density at radius 1 is 1.13 bits per heavy atom. The second-order valence-electron chi connectivity index (χ2n) is 6.88. The molecule has 3 heterocycles. The largest absolute Gasteiger partial charge is 0.384 e. The molecule has 4 rings (SSSR count). The maximum Gasteiger partial charge on any atom is 0.242 e. The van der Waals surface area contributed by atoms with Crippen molar-refractivity contribution in [2.75, 3.05) is 18.8 Å². The number of sulfonamides is 2. The van der Waals surface area contributed by atoms with E-state index in [0.29, 0.717) is 30.6 Å². The number of nitrogen functional groups attached to an aromatic ring is 1. The molecule has 0 spiro atoms. The smallest absolute Gasteiger partial charge is 0.242 e. The Morgan fingerprint density at radius 2 is 1.94 bits per heavy atom. The van der Waals surface area contributed by atoms with Crippen LogP contribution in [0.1, 0.15) is 6.42 Å². The minimum atomic E-state index is -4.55. The first-order chi connectivity index (χ1) is 14.7. The van der Waals surface area contributed by atoms with Gasteiger partial charge in [0.15, 0.2) is 0 Å². The van der Waals surface area contributed by atoms with Crippen LogP contribution in [0.5, 0.6) is 0 Å². The molecule has 164 valence electrons. The maximum atomic E-state index is 13.1. The molecule has 0 saturated carbocycles. The van der Waals surface area contributed by atoms with Gasteiger partial charge in [-0.2, -0.15) is 5.21 Å². The van der Waals surface area contributed by atoms with E-state index in [1.807, 2.05) is 0 Å². The van der Waals surface area contributed by atoms with Crippen LogP contribution < -0.4 is 20.9 Å². The van der Waals surface area contributed by atoms with Crippen molar-refractivity contribution in [1.29, 1.82) is 0 Å². The molecule has 3 aromatic rings. The van der Waals surface area contributed by atoms with Gasteiger partial charge < -0.3 is 11.1 Å². The van der Waals surface area contributed by atoms with Gasteiger partial charge >= 0.3 is 0 Å². The highest BCUT2D eigenvalue weighted by atomic mass is 32.2. The average Bonchev–Trinajstić information content (AvgIpc) is 3.40. The van der Waals surface area contributed by atoms with Crippen LogP contribution in [0.25, 0.3) is 22.5 Å². The summed E-state index contributed by atoms with van der Waals surface area (Å²) in [6.45, 7) is 1.07. The number of nitrogens with one attached hydrogen (secondary N) is 3. The number of nitrogens with zero attached hydrogens (tertiary/aromatic N) is 4. The number of benzene rings is 1. The Bertz CT molecular complexity index is 1300. The zero-order chi connectivity index (χ0) is 22.2. The van der Waals surface area contributed by atoms with Gasteiger partial charge in [-0.15, -0.1) is 10.2 Å². The molecule has 15 heteroatoms. The van der Waals surface area contributed by atoms with Crippen LogP contribution in [0.4, 0.5) is 5.82 Å². The monoisotopic (exact) mass is 465 g/mol. The molecule has 2 aromatic heterocycles. The van der Waals surface area contributed by atoms with E-state index in [2.05, 4.69) is 35.6 Å². The summed E-state index contributed by atoms with van der Waals surface area (Å²) in [6, 6.07) is 5.36. The normalized spacial score (nSPS) is 17.1. The predicted molar refractivity (Wildman–Crippen MR) is 110 cm³/mol. The van der Waals surface area contributed by atoms with Crippen molar-refractivity contribution in [2.45, 2.75) is 22.3 Å². The second-order valence-corrected chi connectivity index (χ2v) is 10.1. The number of hydrogen-bond acceptors (Lipinski definition) is 10. The second kappa shape index (κ2) is 7.93. The minimum Gasteiger partial charge on any atom is -0.384 e. The van der Waals surface area contributed by atoms with E-state index in [1.54, 1.807) is 6.07 Å². The lowest BCUT2D eigenvalue weighted by Crippen LogP contribution is -2.37. The molecule has 1 aliphatic rings. The molecular formula is C16H19N9O4S2. The van der Waals surface area contributed by atoms with Crippen LogP contribution in [0, 0.1) is 0 Å². The first-order valence-corrected chi connectivity index (χ1v) is 12.1. The third kappa shape index (κ3) is 4.26. The van der Waals surface area contributed by atoms with Gasteiger partial charge in [0.1, 0.15) is 15.6 Å². The fourth-order valence-electron chi connectivity index (χ4n) is 3.39. The highest BCUT2D eigenvalue weighted by Gasteiger charge is 2.33. The summed E-state index contributed by atoms with van der Waals surface area (Å²) in [6.07, 6.45) is 1.98. The van der Waals surface area contributed by atoms with E-state index in [-0.39, 0.29) is 23.2 Å². The first-order valence-electron chi connectivity index (χ1n) is 9.05. The number of hydrogen-bond donors (Lipinski definition) is 5. The molecule has 0 radical (unpaired) electrons. The van der Waals surface area contributed by atoms with E-state index in [4.69, 9.17) is 10.9 Å². The molecule has 1 aliphatic heterocycles. The number of tetrazole rings is 1. The standard InChI is InChI=1S/C16H19N9O4S2/c17-13-4-1-9(7-20-13)11-2-3-12(31(28,29)23-10-5-6-19-8-10)15(30(18,26)27)14(11)16-21-24-25-22-16/h1-4,7,10,19,23H,5-6,8H2,(H2,17,20)(H2,18,26,27)(H,21,22,24,25)/t10-/m1/s1. The van der Waals surface area contributed by atoms with E-state index in [9.17, 15) is 16.8 Å². The van der Waals surface area contributed by atoms with Gasteiger partial charge in [0.05, 0.1) is 5.56 Å². The fraction of sp³-hybridized carbons (Fsp3) is 0.250. The van der Waals surface area contributed by atoms with E-state index in [0.717, 1.165) is 0 Å². The number of anilines is 1. The number of primary sulfonamides is 1. The lowest BCUT2D eigenvalue weighted by Gasteiger charge is -2.18. The summed E-state index contributed by atoms with van der Waals surface area (Å²) >= 11 is 0. The fourth-order valence-corrected chi connectivity index (χ4v) is 6.26. The Balaban J connectivity index is 2.00. The van der Waals surface area contributed by atoms with E-state index in [1.165, 1.54) is 24.4 Å². The van der Waals surface area contributed by atoms with Gasteiger partial charge in [-0.05, 0) is 41.9 Å². The van der Waals surface area contributed by atoms with Crippen molar-refractivity contribution in [3.8, 4) is 22.5 Å². The Morgan fingerprint density at radius 3 is 2.52 bits per heavy atom. The van der Waals surface area contributed by atoms with Crippen molar-refractivity contribution < 1.29 is 16.8 Å². The summed E-state index contributed by atoms with van der Waals surface area (Å²) in [5.41, 5.74) is 6.27. The van der Waals surface area contributed by atoms with Crippen LogP contribution in [-0.2, 0) is 20.0 Å². The lowest BCUT2D eigenvalue weighted by atomic mass is 10.0. The average molecular weight is 466 g/mol. The zero-order valence-electron chi connectivity index (χ0n) is 16.0. The number of rotatable bonds is 6. The lowest BCUT2D eigenvalue weighted by molar-refractivity contribution is 0.555. The third-order valence-corrected chi connectivity index (χ3v) is 7.43. The number of pyridine rings is 1. The van der Waals surface area contributed by atoms with Gasteiger partial charge in [0.2, 0.25) is 25.9 Å². The van der Waals surface area contributed by atoms with E-state index >= 15 is 0 Å². The van der Waals surface area contributed by atoms with Crippen LogP contribution in [-0.4, -0.2) is 61.6 Å². The Kier molecular flexibility index (Phi) is 5.44. The summed E-state index contributed by atoms with van der Waals surface area (Å²) in [7, 11) is -8.79. The SMILES string of the molecule is Nc1ccc(-c2ccc(S(=O)(=O)N[C@@H]3CCNC3)c(S(N)(=O)=O)c2-c2nn[nH]n2)cn1. The number of H-pyrrole nitrogens is 1. The van der Waals surface area contributed by atoms with E-state index < -0.39 is 29.8 Å². The third-order valence-electron chi connectivity index (χ3n) is 4.74. The van der Waals surface area contributed by atoms with Gasteiger partial charge in [0, 0.05) is 24.3 Å². The number of aromatic nitrogens is 5. The van der Waals surface area contributed by atoms with Crippen molar-refractivity contribution in [3.05, 3.63) is 30.5 Å². The summed E-state index contributed by atoms with van der Waals surface area (Å²) in [5, 5.41) is 21.9. The quantitative estimate of drug-likeness (QED) is 0.293. The summed E-state index contributed by atoms with van der Waals surface area (Å²) in [5.74, 6) is 0.112. The van der Waals surface area contributed by atoms with Gasteiger partial charge in [-0.1, -0.05) is 6.07 Å². The minimum absolute atomic E-state index is 0.116. The molecule has 0 amide bonds. The molecular weight excluding hydrogens is 446 g/mol. The molecule has 31 heavy (non-hydrogen) atoms. The first kappa shape index (κ1) is 21.3. The van der Waals surface area contributed by atoms with Gasteiger partial charge in [-0.25, -0.2) is 31.7 Å². The molecule has 0 aliphatic carbocycles. The molecule has 1 aromatic carbocycles. The highest BCUT2D eigenvalue weighted by Crippen LogP contribution is 2.38. The predicted octanol–water partition coefficient (Wildman–Crippen LogP) is -1.20. The van der Waals surface area contributed by atoms with Gasteiger partial charge in [-0.3, -0.25) is 0 Å². The zero-order valence-corrected chi connectivity index (χ0v) is 17.6. The summed E-state index contributed by atoms with van der Waals surface area (Å²) < 4.78 is 54.0. The Hall–Kier alpha value is -2.98. The van der Waals surface area contributed by atoms with Crippen LogP contribution in [0.3, 0.4) is 0 Å². The maximum absolute atomic E-state index is 13.1. The molecule has 0 bridgehead atoms. The molecule has 13 nitrogen and oxygen atoms in total.